The van der Waals surface area contributed by atoms with E-state index in [1.807, 2.05) is 0 Å². The van der Waals surface area contributed by atoms with Gasteiger partial charge in [0.2, 0.25) is 0 Å². The van der Waals surface area contributed by atoms with Crippen molar-refractivity contribution >= 4 is 23.9 Å². The lowest BCUT2D eigenvalue weighted by Crippen LogP contribution is -2.51. The number of hydrogen-bond acceptors (Lipinski definition) is 13. The monoisotopic (exact) mass is 414 g/mol. The summed E-state index contributed by atoms with van der Waals surface area (Å²) in [5.74, 6) is -4.67. The number of nitrogens with zero attached hydrogens (tertiary/aromatic N) is 2. The number of fused-ring (bicyclic) bond motifs is 1. The number of carbonyl (C=O) groups is 4. The van der Waals surface area contributed by atoms with Crippen LogP contribution in [0, 0.1) is 0 Å². The highest BCUT2D eigenvalue weighted by molar-refractivity contribution is 5.92. The third kappa shape index (κ3) is 3.03. The van der Waals surface area contributed by atoms with Gasteiger partial charge in [0.1, 0.15) is 6.26 Å². The largest absolute Gasteiger partial charge is 0.467 e. The van der Waals surface area contributed by atoms with Crippen molar-refractivity contribution in [3.63, 3.8) is 0 Å². The van der Waals surface area contributed by atoms with Crippen molar-refractivity contribution < 1.29 is 52.3 Å². The number of carbonyl (C=O) groups excluding carboxylic acids is 4. The Morgan fingerprint density at radius 3 is 2.31 bits per heavy atom. The van der Waals surface area contributed by atoms with Crippen molar-refractivity contribution in [3.05, 3.63) is 17.5 Å². The van der Waals surface area contributed by atoms with Gasteiger partial charge in [-0.1, -0.05) is 5.16 Å². The predicted molar refractivity (Wildman–Crippen MR) is 85.6 cm³/mol. The zero-order chi connectivity index (χ0) is 21.3. The molecule has 2 fully saturated rings. The van der Waals surface area contributed by atoms with Gasteiger partial charge in [-0.15, -0.1) is 0 Å². The summed E-state index contributed by atoms with van der Waals surface area (Å²) in [5.41, 5.74) is -2.13. The molecule has 3 rings (SSSR count). The Morgan fingerprint density at radius 1 is 1.03 bits per heavy atom. The summed E-state index contributed by atoms with van der Waals surface area (Å²) in [7, 11) is 4.49. The molecule has 3 heterocycles. The summed E-state index contributed by atoms with van der Waals surface area (Å²) in [6.45, 7) is 0. The second-order valence-corrected chi connectivity index (χ2v) is 6.13. The lowest BCUT2D eigenvalue weighted by Gasteiger charge is -2.29. The highest BCUT2D eigenvalue weighted by atomic mass is 17.0. The molecule has 0 radical (unpaired) electrons. The van der Waals surface area contributed by atoms with E-state index in [-0.39, 0.29) is 17.7 Å². The lowest BCUT2D eigenvalue weighted by atomic mass is 9.74. The third-order valence-corrected chi connectivity index (χ3v) is 4.82. The Bertz CT molecular complexity index is 837. The first-order chi connectivity index (χ1) is 13.8. The molecule has 13 heteroatoms. The van der Waals surface area contributed by atoms with Crippen LogP contribution in [0.3, 0.4) is 0 Å². The molecule has 4 atom stereocenters. The number of rotatable bonds is 5. The van der Waals surface area contributed by atoms with Gasteiger partial charge in [0.25, 0.3) is 0 Å². The van der Waals surface area contributed by atoms with Gasteiger partial charge in [-0.25, -0.2) is 19.2 Å². The molecule has 1 aromatic heterocycles. The van der Waals surface area contributed by atoms with Crippen LogP contribution in [0.5, 0.6) is 0 Å². The average Bonchev–Trinajstić information content (AvgIpc) is 3.43. The van der Waals surface area contributed by atoms with E-state index in [4.69, 9.17) is 23.7 Å². The van der Waals surface area contributed by atoms with E-state index in [1.54, 1.807) is 0 Å². The van der Waals surface area contributed by atoms with Crippen LogP contribution in [0.4, 0.5) is 0 Å². The zero-order valence-electron chi connectivity index (χ0n) is 15.9. The van der Waals surface area contributed by atoms with Crippen molar-refractivity contribution in [2.45, 2.75) is 30.1 Å². The van der Waals surface area contributed by atoms with Crippen molar-refractivity contribution in [1.82, 2.24) is 10.4 Å². The number of aromatic nitrogens is 1. The van der Waals surface area contributed by atoms with Crippen molar-refractivity contribution in [2.24, 2.45) is 0 Å². The quantitative estimate of drug-likeness (QED) is 0.433. The normalized spacial score (nSPS) is 28.5. The first-order valence-electron chi connectivity index (χ1n) is 8.26. The van der Waals surface area contributed by atoms with Crippen LogP contribution in [0.15, 0.2) is 10.8 Å². The summed E-state index contributed by atoms with van der Waals surface area (Å²) in [4.78, 5) is 60.3. The average molecular weight is 414 g/mol. The number of hydrogen-bond donors (Lipinski definition) is 0. The van der Waals surface area contributed by atoms with Gasteiger partial charge >= 0.3 is 23.9 Å². The fourth-order valence-electron chi connectivity index (χ4n) is 3.53. The molecule has 0 saturated carbocycles. The van der Waals surface area contributed by atoms with Gasteiger partial charge in [0, 0.05) is 12.0 Å². The molecule has 0 bridgehead atoms. The van der Waals surface area contributed by atoms with Gasteiger partial charge in [-0.2, -0.15) is 0 Å². The Labute approximate surface area is 163 Å². The van der Waals surface area contributed by atoms with E-state index in [0.717, 1.165) is 34.7 Å². The van der Waals surface area contributed by atoms with E-state index in [0.29, 0.717) is 5.23 Å². The van der Waals surface area contributed by atoms with Crippen molar-refractivity contribution in [3.8, 4) is 0 Å². The first-order valence-corrected chi connectivity index (χ1v) is 8.26. The molecular formula is C16H18N2O11. The highest BCUT2D eigenvalue weighted by Gasteiger charge is 2.71. The van der Waals surface area contributed by atoms with Crippen LogP contribution in [0.1, 0.15) is 28.4 Å². The fraction of sp³-hybridized carbons (Fsp3) is 0.562. The molecule has 0 spiro atoms. The third-order valence-electron chi connectivity index (χ3n) is 4.82. The van der Waals surface area contributed by atoms with Gasteiger partial charge in [0.05, 0.1) is 34.4 Å². The summed E-state index contributed by atoms with van der Waals surface area (Å²) in [6.07, 6.45) is -1.92. The molecule has 0 N–H and O–H groups in total. The molecular weight excluding hydrogens is 396 g/mol. The number of hydroxylamine groups is 2. The van der Waals surface area contributed by atoms with Crippen LogP contribution in [0.2, 0.25) is 0 Å². The number of ether oxygens (including phenoxy) is 4. The summed E-state index contributed by atoms with van der Waals surface area (Å²) >= 11 is 0. The Balaban J connectivity index is 2.17. The SMILES string of the molecule is COC(=O)c1nocc1C1C(C(=O)OC)ON2OC(C(=O)OC)CC12C(=O)OC. The first kappa shape index (κ1) is 20.7. The maximum absolute atomic E-state index is 12.9. The molecule has 2 saturated heterocycles. The standard InChI is InChI=1S/C16H18N2O11/c1-23-12(19)8-5-16(15(22)26-4)9(7-6-27-17-10(7)13(20)24-2)11(14(21)25-3)29-18(16)28-8/h6,8-9,11H,5H2,1-4H3. The Kier molecular flexibility index (Phi) is 5.55. The van der Waals surface area contributed by atoms with E-state index in [2.05, 4.69) is 14.6 Å². The molecule has 0 amide bonds. The smallest absolute Gasteiger partial charge is 0.360 e. The lowest BCUT2D eigenvalue weighted by molar-refractivity contribution is -0.362. The van der Waals surface area contributed by atoms with Gasteiger partial charge in [-0.3, -0.25) is 9.68 Å². The van der Waals surface area contributed by atoms with Crippen molar-refractivity contribution in [1.29, 1.82) is 0 Å². The molecule has 0 aromatic carbocycles. The molecule has 158 valence electrons. The predicted octanol–water partition coefficient (Wildman–Crippen LogP) is -0.878. The summed E-state index contributed by atoms with van der Waals surface area (Å²) in [6, 6.07) is 0. The maximum atomic E-state index is 12.9. The minimum atomic E-state index is -1.85. The molecule has 4 unspecified atom stereocenters. The molecule has 0 aliphatic carbocycles. The van der Waals surface area contributed by atoms with Gasteiger partial charge in [0.15, 0.2) is 23.4 Å². The van der Waals surface area contributed by atoms with Gasteiger partial charge < -0.3 is 23.5 Å². The van der Waals surface area contributed by atoms with Crippen molar-refractivity contribution in [2.75, 3.05) is 28.4 Å². The van der Waals surface area contributed by atoms with E-state index in [1.165, 1.54) is 0 Å². The summed E-state index contributed by atoms with van der Waals surface area (Å²) < 4.78 is 23.9. The van der Waals surface area contributed by atoms with Crippen LogP contribution < -0.4 is 0 Å². The highest BCUT2D eigenvalue weighted by Crippen LogP contribution is 2.52. The van der Waals surface area contributed by atoms with Gasteiger partial charge in [-0.05, 0) is 5.23 Å². The Morgan fingerprint density at radius 2 is 1.72 bits per heavy atom. The van der Waals surface area contributed by atoms with E-state index < -0.39 is 47.5 Å². The molecule has 29 heavy (non-hydrogen) atoms. The fourth-order valence-corrected chi connectivity index (χ4v) is 3.53. The second kappa shape index (κ2) is 7.77. The van der Waals surface area contributed by atoms with Crippen LogP contribution in [-0.4, -0.2) is 80.4 Å². The maximum Gasteiger partial charge on any atom is 0.360 e. The minimum Gasteiger partial charge on any atom is -0.467 e. The van der Waals surface area contributed by atoms with E-state index in [9.17, 15) is 19.2 Å². The topological polar surface area (TPSA) is 153 Å². The zero-order valence-corrected chi connectivity index (χ0v) is 15.9. The molecule has 1 aromatic rings. The molecule has 13 nitrogen and oxygen atoms in total. The number of methoxy groups -OCH3 is 4. The minimum absolute atomic E-state index is 0.00858. The molecule has 2 aliphatic rings. The van der Waals surface area contributed by atoms with Crippen LogP contribution in [-0.2, 0) is 43.0 Å². The van der Waals surface area contributed by atoms with E-state index >= 15 is 0 Å². The summed E-state index contributed by atoms with van der Waals surface area (Å²) in [5, 5.41) is 4.30. The Hall–Kier alpha value is -3.03. The van der Waals surface area contributed by atoms with Crippen LogP contribution >= 0.6 is 0 Å². The molecule has 2 aliphatic heterocycles. The number of esters is 4. The van der Waals surface area contributed by atoms with Crippen LogP contribution in [0.25, 0.3) is 0 Å². The second-order valence-electron chi connectivity index (χ2n) is 6.13.